The first-order valence-corrected chi connectivity index (χ1v) is 20.4. The third-order valence-corrected chi connectivity index (χ3v) is 13.0. The highest BCUT2D eigenvalue weighted by atomic mass is 15.2. The molecule has 9 aromatic rings. The fourth-order valence-electron chi connectivity index (χ4n) is 10.1. The van der Waals surface area contributed by atoms with Crippen molar-refractivity contribution < 1.29 is 0 Å². The number of hydrogen-bond donors (Lipinski definition) is 0. The SMILES string of the molecule is CC(C)(C)c1cccc(-c2nc(-c3ccc4c(c3)C3(c5ccccc5-4)c4ccccc4C(C)(C)c4ccccc43)nnc2-c2ccc3c(ccc4ccccc43)c2)c1. The third-order valence-electron chi connectivity index (χ3n) is 13.0. The van der Waals surface area contributed by atoms with Crippen LogP contribution in [0.4, 0.5) is 0 Å². The standard InChI is InChI=1S/C55H43N3/c1-53(2,3)39-17-14-16-36(32-39)50-51(37-27-29-41-35(31-37)26-25-34-15-6-7-18-40(34)41)57-58-52(56-50)38-28-30-43-42-19-8-9-20-44(42)55(49(43)33-38)47-23-12-10-21-45(47)54(4,5)46-22-11-13-24-48(46)55/h6-33H,1-5H3. The van der Waals surface area contributed by atoms with Gasteiger partial charge < -0.3 is 0 Å². The molecule has 58 heavy (non-hydrogen) atoms. The van der Waals surface area contributed by atoms with E-state index in [1.807, 2.05) is 0 Å². The van der Waals surface area contributed by atoms with Crippen molar-refractivity contribution in [2.75, 3.05) is 0 Å². The number of fused-ring (bicyclic) bond motifs is 12. The Kier molecular flexibility index (Phi) is 7.38. The van der Waals surface area contributed by atoms with E-state index in [9.17, 15) is 0 Å². The summed E-state index contributed by atoms with van der Waals surface area (Å²) in [6.07, 6.45) is 0. The second-order valence-electron chi connectivity index (χ2n) is 17.7. The summed E-state index contributed by atoms with van der Waals surface area (Å²) in [5.74, 6) is 0.610. The van der Waals surface area contributed by atoms with Crippen LogP contribution in [-0.2, 0) is 16.2 Å². The van der Waals surface area contributed by atoms with Gasteiger partial charge in [-0.15, -0.1) is 10.2 Å². The molecule has 0 saturated carbocycles. The Morgan fingerprint density at radius 1 is 0.414 bits per heavy atom. The molecular weight excluding hydrogens is 703 g/mol. The number of hydrogen-bond acceptors (Lipinski definition) is 3. The van der Waals surface area contributed by atoms with Gasteiger partial charge in [-0.2, -0.15) is 0 Å². The highest BCUT2D eigenvalue weighted by molar-refractivity contribution is 6.08. The van der Waals surface area contributed by atoms with E-state index in [-0.39, 0.29) is 10.8 Å². The summed E-state index contributed by atoms with van der Waals surface area (Å²) in [6.45, 7) is 11.5. The second kappa shape index (κ2) is 12.4. The third kappa shape index (κ3) is 4.89. The minimum Gasteiger partial charge on any atom is -0.224 e. The summed E-state index contributed by atoms with van der Waals surface area (Å²) in [7, 11) is 0. The lowest BCUT2D eigenvalue weighted by Gasteiger charge is -2.46. The van der Waals surface area contributed by atoms with Gasteiger partial charge in [0.05, 0.1) is 5.41 Å². The van der Waals surface area contributed by atoms with Gasteiger partial charge in [0.1, 0.15) is 11.4 Å². The van der Waals surface area contributed by atoms with Gasteiger partial charge in [0, 0.05) is 22.1 Å². The molecule has 8 aromatic carbocycles. The summed E-state index contributed by atoms with van der Waals surface area (Å²) in [5.41, 5.74) is 15.6. The molecule has 278 valence electrons. The second-order valence-corrected chi connectivity index (χ2v) is 17.7. The zero-order valence-corrected chi connectivity index (χ0v) is 33.5. The predicted octanol–water partition coefficient (Wildman–Crippen LogP) is 13.5. The van der Waals surface area contributed by atoms with Crippen molar-refractivity contribution in [2.24, 2.45) is 0 Å². The largest absolute Gasteiger partial charge is 0.224 e. The van der Waals surface area contributed by atoms with Gasteiger partial charge in [-0.25, -0.2) is 4.98 Å². The van der Waals surface area contributed by atoms with Gasteiger partial charge in [-0.05, 0) is 95.2 Å². The van der Waals surface area contributed by atoms with E-state index in [1.54, 1.807) is 0 Å². The Morgan fingerprint density at radius 2 is 1.02 bits per heavy atom. The number of nitrogens with zero attached hydrogens (tertiary/aromatic N) is 3. The van der Waals surface area contributed by atoms with Crippen LogP contribution in [0, 0.1) is 0 Å². The van der Waals surface area contributed by atoms with E-state index < -0.39 is 5.41 Å². The van der Waals surface area contributed by atoms with Gasteiger partial charge >= 0.3 is 0 Å². The van der Waals surface area contributed by atoms with Crippen LogP contribution in [0.3, 0.4) is 0 Å². The molecule has 11 rings (SSSR count). The molecule has 1 spiro atoms. The average molecular weight is 746 g/mol. The molecule has 0 radical (unpaired) electrons. The zero-order valence-electron chi connectivity index (χ0n) is 33.5. The lowest BCUT2D eigenvalue weighted by molar-refractivity contribution is 0.563. The average Bonchev–Trinajstić information content (AvgIpc) is 3.55. The molecule has 3 nitrogen and oxygen atoms in total. The quantitative estimate of drug-likeness (QED) is 0.169. The van der Waals surface area contributed by atoms with Gasteiger partial charge in [-0.1, -0.05) is 186 Å². The maximum atomic E-state index is 5.49. The molecule has 1 aromatic heterocycles. The van der Waals surface area contributed by atoms with Crippen molar-refractivity contribution >= 4 is 21.5 Å². The van der Waals surface area contributed by atoms with Crippen LogP contribution in [0.5, 0.6) is 0 Å². The Hall–Kier alpha value is -6.71. The van der Waals surface area contributed by atoms with E-state index in [0.717, 1.165) is 33.5 Å². The van der Waals surface area contributed by atoms with Crippen molar-refractivity contribution in [3.63, 3.8) is 0 Å². The maximum Gasteiger partial charge on any atom is 0.182 e. The molecule has 0 N–H and O–H groups in total. The lowest BCUT2D eigenvalue weighted by atomic mass is 9.55. The van der Waals surface area contributed by atoms with E-state index in [4.69, 9.17) is 15.2 Å². The van der Waals surface area contributed by atoms with Crippen LogP contribution in [0.2, 0.25) is 0 Å². The van der Waals surface area contributed by atoms with Crippen molar-refractivity contribution in [3.05, 3.63) is 209 Å². The van der Waals surface area contributed by atoms with Gasteiger partial charge in [-0.3, -0.25) is 0 Å². The number of rotatable bonds is 3. The molecule has 0 fully saturated rings. The highest BCUT2D eigenvalue weighted by Gasteiger charge is 2.53. The minimum atomic E-state index is -0.503. The Morgan fingerprint density at radius 3 is 1.78 bits per heavy atom. The summed E-state index contributed by atoms with van der Waals surface area (Å²) < 4.78 is 0. The predicted molar refractivity (Wildman–Crippen MR) is 239 cm³/mol. The zero-order chi connectivity index (χ0) is 39.4. The van der Waals surface area contributed by atoms with Crippen LogP contribution in [-0.4, -0.2) is 15.2 Å². The van der Waals surface area contributed by atoms with Crippen molar-refractivity contribution in [3.8, 4) is 45.0 Å². The molecule has 3 heteroatoms. The Balaban J connectivity index is 1.14. The van der Waals surface area contributed by atoms with Gasteiger partial charge in [0.2, 0.25) is 0 Å². The first-order chi connectivity index (χ1) is 28.1. The first kappa shape index (κ1) is 34.5. The fourth-order valence-corrected chi connectivity index (χ4v) is 10.1. The monoisotopic (exact) mass is 745 g/mol. The highest BCUT2D eigenvalue weighted by Crippen LogP contribution is 2.62. The number of benzene rings is 8. The van der Waals surface area contributed by atoms with Crippen molar-refractivity contribution in [2.45, 2.75) is 50.9 Å². The molecule has 0 unspecified atom stereocenters. The molecule has 0 amide bonds. The van der Waals surface area contributed by atoms with Crippen molar-refractivity contribution in [1.29, 1.82) is 0 Å². The van der Waals surface area contributed by atoms with Crippen molar-refractivity contribution in [1.82, 2.24) is 15.2 Å². The maximum absolute atomic E-state index is 5.49. The molecule has 0 bridgehead atoms. The fraction of sp³-hybridized carbons (Fsp3) is 0.145. The Bertz CT molecular complexity index is 3100. The summed E-state index contributed by atoms with van der Waals surface area (Å²) in [4.78, 5) is 5.49. The minimum absolute atomic E-state index is 0.0338. The summed E-state index contributed by atoms with van der Waals surface area (Å²) in [5, 5.41) is 14.9. The van der Waals surface area contributed by atoms with Gasteiger partial charge in [0.15, 0.2) is 5.82 Å². The lowest BCUT2D eigenvalue weighted by Crippen LogP contribution is -2.40. The molecule has 2 aliphatic carbocycles. The van der Waals surface area contributed by atoms with E-state index >= 15 is 0 Å². The molecule has 0 saturated heterocycles. The van der Waals surface area contributed by atoms with Crippen LogP contribution in [0.25, 0.3) is 66.6 Å². The molecule has 0 aliphatic heterocycles. The van der Waals surface area contributed by atoms with Crippen LogP contribution < -0.4 is 0 Å². The summed E-state index contributed by atoms with van der Waals surface area (Å²) in [6, 6.07) is 62.3. The van der Waals surface area contributed by atoms with Crippen LogP contribution in [0.1, 0.15) is 73.6 Å². The smallest absolute Gasteiger partial charge is 0.182 e. The van der Waals surface area contributed by atoms with E-state index in [0.29, 0.717) is 5.82 Å². The molecule has 0 atom stereocenters. The Labute approximate surface area is 340 Å². The molecule has 2 aliphatic rings. The van der Waals surface area contributed by atoms with E-state index in [2.05, 4.69) is 204 Å². The summed E-state index contributed by atoms with van der Waals surface area (Å²) >= 11 is 0. The van der Waals surface area contributed by atoms with Crippen LogP contribution >= 0.6 is 0 Å². The van der Waals surface area contributed by atoms with Crippen LogP contribution in [0.15, 0.2) is 170 Å². The normalized spacial score (nSPS) is 14.6. The molecule has 1 heterocycles. The first-order valence-electron chi connectivity index (χ1n) is 20.4. The topological polar surface area (TPSA) is 38.7 Å². The number of aromatic nitrogens is 3. The van der Waals surface area contributed by atoms with E-state index in [1.165, 1.54) is 66.2 Å². The molecular formula is C55H43N3. The van der Waals surface area contributed by atoms with Gasteiger partial charge in [0.25, 0.3) is 0 Å².